The highest BCUT2D eigenvalue weighted by atomic mass is 35.5. The number of fused-ring (bicyclic) bond motifs is 4. The second kappa shape index (κ2) is 10.5. The summed E-state index contributed by atoms with van der Waals surface area (Å²) >= 11 is 7.89. The maximum Gasteiger partial charge on any atom is 0.319 e. The standard InChI is InChI=1S/C32H30ClF3N6O3S/c1-31(43)6-2-9-42-19(31)13-44-26-22-25(39-30(40-29(22)42)45-14-32-7-3-8-41(32)12-15(34)10-32)24(36)21(23(26)33)16-4-5-18(35)27-20(16)17(11-37)28(38)46-27/h4-5,15,19,43H,2-3,6-10,12-14,38H2,1H3/t15-,19?,31?,32?/m1/s1. The van der Waals surface area contributed by atoms with Crippen LogP contribution in [0, 0.1) is 23.0 Å². The lowest BCUT2D eigenvalue weighted by Crippen LogP contribution is -2.58. The third-order valence-corrected chi connectivity index (χ3v) is 11.6. The van der Waals surface area contributed by atoms with Gasteiger partial charge in [0.15, 0.2) is 11.6 Å². The Morgan fingerprint density at radius 1 is 1.24 bits per heavy atom. The Kier molecular flexibility index (Phi) is 6.78. The number of rotatable bonds is 4. The summed E-state index contributed by atoms with van der Waals surface area (Å²) < 4.78 is 59.1. The maximum absolute atomic E-state index is 17.1. The number of hydrogen-bond donors (Lipinski definition) is 2. The molecule has 9 nitrogen and oxygen atoms in total. The van der Waals surface area contributed by atoms with Gasteiger partial charge in [-0.15, -0.1) is 11.3 Å². The number of aromatic nitrogens is 2. The molecule has 4 aliphatic rings. The van der Waals surface area contributed by atoms with Crippen molar-refractivity contribution in [2.75, 3.05) is 43.5 Å². The Labute approximate surface area is 271 Å². The predicted octanol–water partition coefficient (Wildman–Crippen LogP) is 5.96. The van der Waals surface area contributed by atoms with Gasteiger partial charge in [0.2, 0.25) is 0 Å². The van der Waals surface area contributed by atoms with Crippen LogP contribution in [0.4, 0.5) is 24.0 Å². The molecule has 0 saturated carbocycles. The van der Waals surface area contributed by atoms with Crippen molar-refractivity contribution >= 4 is 54.7 Å². The van der Waals surface area contributed by atoms with Crippen molar-refractivity contribution in [3.8, 4) is 29.0 Å². The van der Waals surface area contributed by atoms with Gasteiger partial charge in [0.1, 0.15) is 47.6 Å². The summed E-state index contributed by atoms with van der Waals surface area (Å²) in [5, 5.41) is 21.7. The molecular formula is C32H30ClF3N6O3S. The van der Waals surface area contributed by atoms with Crippen LogP contribution in [0.2, 0.25) is 5.02 Å². The van der Waals surface area contributed by atoms with Gasteiger partial charge in [0.25, 0.3) is 0 Å². The number of hydrogen-bond acceptors (Lipinski definition) is 10. The molecule has 2 aromatic heterocycles. The van der Waals surface area contributed by atoms with Crippen molar-refractivity contribution in [3.05, 3.63) is 34.4 Å². The molecule has 46 heavy (non-hydrogen) atoms. The summed E-state index contributed by atoms with van der Waals surface area (Å²) in [6.45, 7) is 3.51. The number of nitrogen functional groups attached to an aromatic ring is 1. The van der Waals surface area contributed by atoms with Crippen molar-refractivity contribution < 1.29 is 27.8 Å². The van der Waals surface area contributed by atoms with Crippen LogP contribution in [0.3, 0.4) is 0 Å². The van der Waals surface area contributed by atoms with E-state index in [0.29, 0.717) is 38.2 Å². The van der Waals surface area contributed by atoms with Gasteiger partial charge < -0.3 is 25.2 Å². The first kappa shape index (κ1) is 29.8. The number of alkyl halides is 1. The van der Waals surface area contributed by atoms with E-state index in [1.807, 2.05) is 11.0 Å². The van der Waals surface area contributed by atoms with Gasteiger partial charge in [-0.3, -0.25) is 4.90 Å². The minimum absolute atomic E-state index is 0.0144. The van der Waals surface area contributed by atoms with E-state index in [2.05, 4.69) is 9.88 Å². The van der Waals surface area contributed by atoms with Gasteiger partial charge in [0.05, 0.1) is 37.9 Å². The van der Waals surface area contributed by atoms with Crippen LogP contribution in [0.5, 0.6) is 11.8 Å². The molecule has 14 heteroatoms. The zero-order valence-corrected chi connectivity index (χ0v) is 26.5. The quantitative estimate of drug-likeness (QED) is 0.271. The van der Waals surface area contributed by atoms with E-state index in [9.17, 15) is 19.1 Å². The van der Waals surface area contributed by atoms with E-state index >= 15 is 4.39 Å². The van der Waals surface area contributed by atoms with E-state index in [0.717, 1.165) is 30.7 Å². The molecule has 3 N–H and O–H groups in total. The molecule has 0 spiro atoms. The maximum atomic E-state index is 17.1. The number of halogens is 4. The van der Waals surface area contributed by atoms with Gasteiger partial charge in [-0.1, -0.05) is 17.7 Å². The minimum atomic E-state index is -1.16. The topological polar surface area (TPSA) is 121 Å². The number of ether oxygens (including phenoxy) is 2. The number of benzene rings is 2. The Bertz CT molecular complexity index is 1980. The fourth-order valence-corrected chi connectivity index (χ4v) is 9.27. The zero-order valence-electron chi connectivity index (χ0n) is 24.9. The summed E-state index contributed by atoms with van der Waals surface area (Å²) in [4.78, 5) is 13.3. The number of thiophene rings is 1. The molecular weight excluding hydrogens is 641 g/mol. The smallest absolute Gasteiger partial charge is 0.319 e. The molecule has 0 radical (unpaired) electrons. The van der Waals surface area contributed by atoms with Crippen molar-refractivity contribution in [1.29, 1.82) is 5.26 Å². The monoisotopic (exact) mass is 670 g/mol. The molecule has 4 atom stereocenters. The number of nitrogens with zero attached hydrogens (tertiary/aromatic N) is 5. The lowest BCUT2D eigenvalue weighted by Gasteiger charge is -2.44. The molecule has 2 aromatic carbocycles. The van der Waals surface area contributed by atoms with E-state index in [1.54, 1.807) is 6.92 Å². The summed E-state index contributed by atoms with van der Waals surface area (Å²) in [6.07, 6.45) is 2.23. The van der Waals surface area contributed by atoms with Gasteiger partial charge in [-0.05, 0) is 50.8 Å². The lowest BCUT2D eigenvalue weighted by atomic mass is 9.86. The van der Waals surface area contributed by atoms with Crippen LogP contribution >= 0.6 is 22.9 Å². The van der Waals surface area contributed by atoms with Crippen molar-refractivity contribution in [2.45, 2.75) is 62.4 Å². The molecule has 0 amide bonds. The number of nitriles is 1. The van der Waals surface area contributed by atoms with Crippen LogP contribution in [-0.2, 0) is 0 Å². The van der Waals surface area contributed by atoms with E-state index in [4.69, 9.17) is 31.8 Å². The van der Waals surface area contributed by atoms with Gasteiger partial charge >= 0.3 is 6.01 Å². The molecule has 6 heterocycles. The second-order valence-corrected chi connectivity index (χ2v) is 14.4. The van der Waals surface area contributed by atoms with Crippen LogP contribution in [0.15, 0.2) is 12.1 Å². The van der Waals surface area contributed by atoms with Crippen LogP contribution < -0.4 is 20.1 Å². The van der Waals surface area contributed by atoms with Gasteiger partial charge in [-0.2, -0.15) is 15.2 Å². The van der Waals surface area contributed by atoms with Crippen LogP contribution in [-0.4, -0.2) is 76.2 Å². The fourth-order valence-electron chi connectivity index (χ4n) is 7.99. The highest BCUT2D eigenvalue weighted by molar-refractivity contribution is 7.23. The molecule has 3 saturated heterocycles. The highest BCUT2D eigenvalue weighted by Crippen LogP contribution is 2.52. The Morgan fingerprint density at radius 2 is 2.04 bits per heavy atom. The first-order valence-electron chi connectivity index (χ1n) is 15.3. The average molecular weight is 671 g/mol. The first-order valence-corrected chi connectivity index (χ1v) is 16.5. The second-order valence-electron chi connectivity index (χ2n) is 13.0. The lowest BCUT2D eigenvalue weighted by molar-refractivity contribution is -0.00671. The normalized spacial score (nSPS) is 27.4. The summed E-state index contributed by atoms with van der Waals surface area (Å²) in [7, 11) is 0. The third kappa shape index (κ3) is 4.26. The Hall–Kier alpha value is -3.57. The molecule has 0 aliphatic carbocycles. The Balaban J connectivity index is 1.36. The zero-order chi connectivity index (χ0) is 32.1. The van der Waals surface area contributed by atoms with Crippen LogP contribution in [0.1, 0.15) is 44.6 Å². The number of aliphatic hydroxyl groups is 1. The average Bonchev–Trinajstić information content (AvgIpc) is 3.62. The van der Waals surface area contributed by atoms with E-state index in [-0.39, 0.29) is 72.7 Å². The molecule has 4 aromatic rings. The molecule has 3 unspecified atom stereocenters. The van der Waals surface area contributed by atoms with Crippen molar-refractivity contribution in [3.63, 3.8) is 0 Å². The van der Waals surface area contributed by atoms with E-state index < -0.39 is 35.0 Å². The summed E-state index contributed by atoms with van der Waals surface area (Å²) in [5.74, 6) is -1.03. The minimum Gasteiger partial charge on any atom is -0.489 e. The summed E-state index contributed by atoms with van der Waals surface area (Å²) in [6, 6.07) is 3.91. The summed E-state index contributed by atoms with van der Waals surface area (Å²) in [5.41, 5.74) is 4.32. The van der Waals surface area contributed by atoms with Gasteiger partial charge in [-0.25, -0.2) is 13.2 Å². The fraction of sp³-hybridized carbons (Fsp3) is 0.469. The number of anilines is 2. The molecule has 240 valence electrons. The van der Waals surface area contributed by atoms with Crippen molar-refractivity contribution in [2.24, 2.45) is 0 Å². The Morgan fingerprint density at radius 3 is 2.85 bits per heavy atom. The third-order valence-electron chi connectivity index (χ3n) is 10.2. The number of piperidine rings is 1. The van der Waals surface area contributed by atoms with E-state index in [1.165, 1.54) is 12.1 Å². The first-order chi connectivity index (χ1) is 22.0. The molecule has 3 fully saturated rings. The van der Waals surface area contributed by atoms with Crippen LogP contribution in [0.25, 0.3) is 32.1 Å². The SMILES string of the molecule is CC1(O)CCCN2c3nc(OCC45CCCN4C[C@H](F)C5)nc4c(F)c(-c5ccc(F)c6sc(N)c(C#N)c56)c(Cl)c(c34)OCC21. The van der Waals surface area contributed by atoms with Gasteiger partial charge in [0, 0.05) is 30.5 Å². The molecule has 4 aliphatic heterocycles. The highest BCUT2D eigenvalue weighted by Gasteiger charge is 2.50. The largest absolute Gasteiger partial charge is 0.489 e. The molecule has 0 bridgehead atoms. The van der Waals surface area contributed by atoms with Crippen molar-refractivity contribution in [1.82, 2.24) is 14.9 Å². The predicted molar refractivity (Wildman–Crippen MR) is 169 cm³/mol. The molecule has 8 rings (SSSR count). The number of nitrogens with two attached hydrogens (primary N) is 1.